The Bertz CT molecular complexity index is 666. The summed E-state index contributed by atoms with van der Waals surface area (Å²) in [6, 6.07) is 11.1. The first-order valence-corrected chi connectivity index (χ1v) is 7.56. The van der Waals surface area contributed by atoms with Crippen molar-refractivity contribution >= 4 is 5.69 Å². The second kappa shape index (κ2) is 4.96. The van der Waals surface area contributed by atoms with Crippen LogP contribution >= 0.6 is 0 Å². The lowest BCUT2D eigenvalue weighted by Crippen LogP contribution is -2.33. The van der Waals surface area contributed by atoms with Crippen LogP contribution in [0.25, 0.3) is 0 Å². The molecule has 0 radical (unpaired) electrons. The van der Waals surface area contributed by atoms with Crippen LogP contribution in [-0.4, -0.2) is 13.2 Å². The molecule has 1 heterocycles. The van der Waals surface area contributed by atoms with Gasteiger partial charge in [0.1, 0.15) is 5.76 Å². The number of ether oxygens (including phenoxy) is 1. The summed E-state index contributed by atoms with van der Waals surface area (Å²) in [6.45, 7) is 0. The number of rotatable bonds is 2. The number of nitrogens with zero attached hydrogens (tertiary/aromatic N) is 1. The summed E-state index contributed by atoms with van der Waals surface area (Å²) in [5.74, 6) is 1.37. The Morgan fingerprint density at radius 1 is 1.14 bits per heavy atom. The lowest BCUT2D eigenvalue weighted by molar-refractivity contribution is 0.300. The molecule has 2 nitrogen and oxygen atoms in total. The zero-order valence-electron chi connectivity index (χ0n) is 12.2. The fraction of sp³-hybridized carbons (Fsp3) is 0.263. The van der Waals surface area contributed by atoms with Crippen LogP contribution in [0.2, 0.25) is 0 Å². The van der Waals surface area contributed by atoms with Gasteiger partial charge >= 0.3 is 0 Å². The molecular weight excluding hydrogens is 258 g/mol. The van der Waals surface area contributed by atoms with Gasteiger partial charge in [-0.1, -0.05) is 36.4 Å². The first-order valence-electron chi connectivity index (χ1n) is 7.56. The summed E-state index contributed by atoms with van der Waals surface area (Å²) >= 11 is 0. The van der Waals surface area contributed by atoms with Gasteiger partial charge < -0.3 is 9.64 Å². The quantitative estimate of drug-likeness (QED) is 0.803. The molecule has 2 aliphatic carbocycles. The van der Waals surface area contributed by atoms with E-state index in [0.29, 0.717) is 12.0 Å². The van der Waals surface area contributed by atoms with Crippen molar-refractivity contribution in [3.63, 3.8) is 0 Å². The number of benzene rings is 1. The normalized spacial score (nSPS) is 26.5. The van der Waals surface area contributed by atoms with Gasteiger partial charge in [-0.3, -0.25) is 0 Å². The second-order valence-corrected chi connectivity index (χ2v) is 5.70. The molecule has 0 saturated carbocycles. The minimum Gasteiger partial charge on any atom is -0.497 e. The maximum atomic E-state index is 5.43. The van der Waals surface area contributed by atoms with Gasteiger partial charge in [-0.15, -0.1) is 0 Å². The molecule has 0 bridgehead atoms. The molecule has 2 atom stereocenters. The van der Waals surface area contributed by atoms with Crippen molar-refractivity contribution in [3.8, 4) is 0 Å². The Labute approximate surface area is 125 Å². The summed E-state index contributed by atoms with van der Waals surface area (Å²) in [7, 11) is 1.74. The minimum absolute atomic E-state index is 0.374. The largest absolute Gasteiger partial charge is 0.497 e. The third kappa shape index (κ3) is 1.94. The number of hydrogen-bond donors (Lipinski definition) is 0. The molecule has 0 amide bonds. The highest BCUT2D eigenvalue weighted by molar-refractivity contribution is 5.63. The molecule has 0 saturated heterocycles. The summed E-state index contributed by atoms with van der Waals surface area (Å²) in [5.41, 5.74) is 4.21. The lowest BCUT2D eigenvalue weighted by Gasteiger charge is -2.31. The van der Waals surface area contributed by atoms with Crippen molar-refractivity contribution in [2.24, 2.45) is 5.92 Å². The Kier molecular flexibility index (Phi) is 2.95. The van der Waals surface area contributed by atoms with Crippen LogP contribution in [0.5, 0.6) is 0 Å². The SMILES string of the molecule is COC1=CC2C3=C(CCC=C3)N(c3ccccc3)C2C=C1. The van der Waals surface area contributed by atoms with E-state index < -0.39 is 0 Å². The molecule has 21 heavy (non-hydrogen) atoms. The zero-order valence-corrected chi connectivity index (χ0v) is 12.2. The Hall–Kier alpha value is -2.22. The van der Waals surface area contributed by atoms with Crippen LogP contribution < -0.4 is 4.90 Å². The Morgan fingerprint density at radius 2 is 2.00 bits per heavy atom. The molecule has 0 fully saturated rings. The van der Waals surface area contributed by atoms with E-state index in [4.69, 9.17) is 4.74 Å². The number of hydrogen-bond acceptors (Lipinski definition) is 2. The summed E-state index contributed by atoms with van der Waals surface area (Å²) < 4.78 is 5.43. The first-order chi connectivity index (χ1) is 10.4. The third-order valence-electron chi connectivity index (χ3n) is 4.57. The van der Waals surface area contributed by atoms with Gasteiger partial charge in [-0.25, -0.2) is 0 Å². The molecule has 106 valence electrons. The van der Waals surface area contributed by atoms with Crippen molar-refractivity contribution < 1.29 is 4.74 Å². The van der Waals surface area contributed by atoms with E-state index in [1.165, 1.54) is 17.0 Å². The molecule has 2 unspecified atom stereocenters. The number of methoxy groups -OCH3 is 1. The van der Waals surface area contributed by atoms with Crippen molar-refractivity contribution in [1.82, 2.24) is 0 Å². The number of anilines is 1. The van der Waals surface area contributed by atoms with Gasteiger partial charge in [-0.05, 0) is 42.7 Å². The fourth-order valence-corrected chi connectivity index (χ4v) is 3.63. The first kappa shape index (κ1) is 12.5. The van der Waals surface area contributed by atoms with Crippen molar-refractivity contribution in [1.29, 1.82) is 0 Å². The topological polar surface area (TPSA) is 12.5 Å². The standard InChI is InChI=1S/C19H19NO/c1-21-15-11-12-19-17(13-15)16-9-5-6-10-18(16)20(19)14-7-3-2-4-8-14/h2-5,7-9,11-13,17,19H,6,10H2,1H3. The molecule has 0 aromatic heterocycles. The van der Waals surface area contributed by atoms with Crippen LogP contribution in [0.4, 0.5) is 5.69 Å². The summed E-state index contributed by atoms with van der Waals surface area (Å²) in [5, 5.41) is 0. The average molecular weight is 277 g/mol. The highest BCUT2D eigenvalue weighted by Gasteiger charge is 2.39. The Balaban J connectivity index is 1.82. The van der Waals surface area contributed by atoms with Crippen LogP contribution in [0.3, 0.4) is 0 Å². The van der Waals surface area contributed by atoms with Crippen molar-refractivity contribution in [2.75, 3.05) is 12.0 Å². The number of fused-ring (bicyclic) bond motifs is 2. The average Bonchev–Trinajstić information content (AvgIpc) is 2.89. The summed E-state index contributed by atoms with van der Waals surface area (Å²) in [4.78, 5) is 2.50. The van der Waals surface area contributed by atoms with Crippen LogP contribution in [-0.2, 0) is 4.74 Å². The highest BCUT2D eigenvalue weighted by atomic mass is 16.5. The minimum atomic E-state index is 0.374. The van der Waals surface area contributed by atoms with E-state index in [-0.39, 0.29) is 0 Å². The monoisotopic (exact) mass is 277 g/mol. The molecule has 1 aliphatic heterocycles. The lowest BCUT2D eigenvalue weighted by atomic mass is 9.88. The maximum Gasteiger partial charge on any atom is 0.115 e. The predicted molar refractivity (Wildman–Crippen MR) is 85.8 cm³/mol. The van der Waals surface area contributed by atoms with Gasteiger partial charge in [0.05, 0.1) is 13.2 Å². The molecule has 0 spiro atoms. The number of para-hydroxylation sites is 1. The van der Waals surface area contributed by atoms with Gasteiger partial charge in [-0.2, -0.15) is 0 Å². The van der Waals surface area contributed by atoms with Gasteiger partial charge in [0.2, 0.25) is 0 Å². The number of allylic oxidation sites excluding steroid dienone is 4. The second-order valence-electron chi connectivity index (χ2n) is 5.70. The fourth-order valence-electron chi connectivity index (χ4n) is 3.63. The predicted octanol–water partition coefficient (Wildman–Crippen LogP) is 4.20. The van der Waals surface area contributed by atoms with Gasteiger partial charge in [0, 0.05) is 17.3 Å². The molecule has 1 aromatic carbocycles. The van der Waals surface area contributed by atoms with E-state index in [9.17, 15) is 0 Å². The van der Waals surface area contributed by atoms with E-state index in [2.05, 4.69) is 65.6 Å². The van der Waals surface area contributed by atoms with Gasteiger partial charge in [0.25, 0.3) is 0 Å². The smallest absolute Gasteiger partial charge is 0.115 e. The van der Waals surface area contributed by atoms with E-state index in [0.717, 1.165) is 18.6 Å². The third-order valence-corrected chi connectivity index (χ3v) is 4.57. The Morgan fingerprint density at radius 3 is 2.81 bits per heavy atom. The van der Waals surface area contributed by atoms with Crippen molar-refractivity contribution in [2.45, 2.75) is 18.9 Å². The highest BCUT2D eigenvalue weighted by Crippen LogP contribution is 2.45. The van der Waals surface area contributed by atoms with Crippen LogP contribution in [0.15, 0.2) is 77.7 Å². The molecule has 3 aliphatic rings. The molecule has 2 heteroatoms. The maximum absolute atomic E-state index is 5.43. The summed E-state index contributed by atoms with van der Waals surface area (Å²) in [6.07, 6.45) is 13.5. The molecule has 1 aromatic rings. The molecule has 4 rings (SSSR count). The van der Waals surface area contributed by atoms with Gasteiger partial charge in [0.15, 0.2) is 0 Å². The van der Waals surface area contributed by atoms with E-state index >= 15 is 0 Å². The van der Waals surface area contributed by atoms with Crippen molar-refractivity contribution in [3.05, 3.63) is 77.7 Å². The van der Waals surface area contributed by atoms with E-state index in [1.807, 2.05) is 0 Å². The molecular formula is C19H19NO. The van der Waals surface area contributed by atoms with E-state index in [1.54, 1.807) is 7.11 Å². The van der Waals surface area contributed by atoms with Crippen LogP contribution in [0, 0.1) is 5.92 Å². The van der Waals surface area contributed by atoms with Crippen LogP contribution in [0.1, 0.15) is 12.8 Å². The zero-order chi connectivity index (χ0) is 14.2. The molecule has 0 N–H and O–H groups in total.